The summed E-state index contributed by atoms with van der Waals surface area (Å²) in [5, 5.41) is 11.9. The van der Waals surface area contributed by atoms with Crippen molar-refractivity contribution in [3.8, 4) is 6.07 Å². The van der Waals surface area contributed by atoms with Crippen molar-refractivity contribution in [1.82, 2.24) is 10.3 Å². The SMILES string of the molecule is N#Cc1cccnc1N1CCC(F)(CNC(=O)C2CCOC2)CC1. The normalized spacial score (nSPS) is 22.8. The van der Waals surface area contributed by atoms with Gasteiger partial charge in [-0.05, 0) is 18.6 Å². The molecule has 1 atom stereocenters. The quantitative estimate of drug-likeness (QED) is 0.902. The number of rotatable bonds is 4. The highest BCUT2D eigenvalue weighted by Crippen LogP contribution is 2.29. The molecule has 1 amide bonds. The number of ether oxygens (including phenoxy) is 1. The van der Waals surface area contributed by atoms with E-state index in [0.29, 0.717) is 56.9 Å². The molecule has 2 saturated heterocycles. The number of amides is 1. The summed E-state index contributed by atoms with van der Waals surface area (Å²) in [6.45, 7) is 2.01. The van der Waals surface area contributed by atoms with Gasteiger partial charge in [0.05, 0.1) is 24.6 Å². The predicted molar refractivity (Wildman–Crippen MR) is 86.2 cm³/mol. The van der Waals surface area contributed by atoms with E-state index in [2.05, 4.69) is 16.4 Å². The first-order valence-corrected chi connectivity index (χ1v) is 8.26. The van der Waals surface area contributed by atoms with Crippen molar-refractivity contribution in [3.63, 3.8) is 0 Å². The Morgan fingerprint density at radius 3 is 3.00 bits per heavy atom. The van der Waals surface area contributed by atoms with Gasteiger partial charge in [-0.15, -0.1) is 0 Å². The Morgan fingerprint density at radius 1 is 1.54 bits per heavy atom. The number of aromatic nitrogens is 1. The van der Waals surface area contributed by atoms with E-state index in [9.17, 15) is 9.18 Å². The maximum absolute atomic E-state index is 14.9. The molecule has 1 aromatic rings. The number of nitrogens with one attached hydrogen (secondary N) is 1. The fourth-order valence-electron chi connectivity index (χ4n) is 3.16. The topological polar surface area (TPSA) is 78.3 Å². The van der Waals surface area contributed by atoms with E-state index in [1.807, 2.05) is 4.90 Å². The summed E-state index contributed by atoms with van der Waals surface area (Å²) in [4.78, 5) is 18.2. The largest absolute Gasteiger partial charge is 0.381 e. The van der Waals surface area contributed by atoms with Gasteiger partial charge in [0.25, 0.3) is 0 Å². The van der Waals surface area contributed by atoms with Crippen molar-refractivity contribution in [1.29, 1.82) is 5.26 Å². The van der Waals surface area contributed by atoms with Gasteiger partial charge >= 0.3 is 0 Å². The molecule has 6 nitrogen and oxygen atoms in total. The Kier molecular flexibility index (Phi) is 4.95. The molecular weight excluding hydrogens is 311 g/mol. The zero-order valence-electron chi connectivity index (χ0n) is 13.5. The number of nitrogens with zero attached hydrogens (tertiary/aromatic N) is 3. The van der Waals surface area contributed by atoms with Crippen LogP contribution in [0.2, 0.25) is 0 Å². The van der Waals surface area contributed by atoms with Crippen LogP contribution in [0.1, 0.15) is 24.8 Å². The van der Waals surface area contributed by atoms with Gasteiger partial charge in [0.2, 0.25) is 5.91 Å². The van der Waals surface area contributed by atoms with Crippen LogP contribution in [-0.2, 0) is 9.53 Å². The number of pyridine rings is 1. The Hall–Kier alpha value is -2.20. The van der Waals surface area contributed by atoms with Crippen molar-refractivity contribution < 1.29 is 13.9 Å². The van der Waals surface area contributed by atoms with Gasteiger partial charge in [0.1, 0.15) is 17.6 Å². The number of piperidine rings is 1. The van der Waals surface area contributed by atoms with Crippen LogP contribution >= 0.6 is 0 Å². The lowest BCUT2D eigenvalue weighted by molar-refractivity contribution is -0.125. The number of nitriles is 1. The van der Waals surface area contributed by atoms with Crippen molar-refractivity contribution >= 4 is 11.7 Å². The molecule has 3 rings (SSSR count). The molecule has 0 bridgehead atoms. The number of halogens is 1. The Labute approximate surface area is 140 Å². The van der Waals surface area contributed by atoms with E-state index < -0.39 is 5.67 Å². The van der Waals surface area contributed by atoms with Crippen molar-refractivity contribution in [2.24, 2.45) is 5.92 Å². The van der Waals surface area contributed by atoms with E-state index >= 15 is 0 Å². The van der Waals surface area contributed by atoms with Crippen molar-refractivity contribution in [2.45, 2.75) is 24.9 Å². The molecule has 0 aliphatic carbocycles. The van der Waals surface area contributed by atoms with Gasteiger partial charge in [-0.1, -0.05) is 0 Å². The maximum atomic E-state index is 14.9. The Morgan fingerprint density at radius 2 is 2.33 bits per heavy atom. The fraction of sp³-hybridized carbons (Fsp3) is 0.588. The van der Waals surface area contributed by atoms with Gasteiger partial charge in [-0.25, -0.2) is 9.37 Å². The third kappa shape index (κ3) is 3.65. The van der Waals surface area contributed by atoms with Crippen LogP contribution in [0.25, 0.3) is 0 Å². The summed E-state index contributed by atoms with van der Waals surface area (Å²) in [7, 11) is 0. The first kappa shape index (κ1) is 16.7. The lowest BCUT2D eigenvalue weighted by atomic mass is 9.92. The van der Waals surface area contributed by atoms with Gasteiger partial charge < -0.3 is 15.0 Å². The average molecular weight is 332 g/mol. The minimum absolute atomic E-state index is 0.0312. The number of carbonyl (C=O) groups is 1. The first-order valence-electron chi connectivity index (χ1n) is 8.26. The predicted octanol–water partition coefficient (Wildman–Crippen LogP) is 1.41. The summed E-state index contributed by atoms with van der Waals surface area (Å²) in [6.07, 6.45) is 2.94. The third-order valence-electron chi connectivity index (χ3n) is 4.75. The molecule has 7 heteroatoms. The number of hydrogen-bond donors (Lipinski definition) is 1. The second-order valence-corrected chi connectivity index (χ2v) is 6.40. The second kappa shape index (κ2) is 7.14. The summed E-state index contributed by atoms with van der Waals surface area (Å²) in [5.41, 5.74) is -0.911. The smallest absolute Gasteiger partial charge is 0.225 e. The van der Waals surface area contributed by atoms with E-state index in [0.717, 1.165) is 0 Å². The number of hydrogen-bond acceptors (Lipinski definition) is 5. The lowest BCUT2D eigenvalue weighted by Gasteiger charge is -2.37. The summed E-state index contributed by atoms with van der Waals surface area (Å²) < 4.78 is 20.1. The minimum Gasteiger partial charge on any atom is -0.381 e. The zero-order chi connectivity index (χ0) is 17.0. The standard InChI is InChI=1S/C17H21FN4O2/c18-17(12-21-16(23)14-3-9-24-11-14)4-7-22(8-5-17)15-13(10-19)2-1-6-20-15/h1-2,6,14H,3-5,7-9,11-12H2,(H,21,23). The van der Waals surface area contributed by atoms with E-state index in [1.165, 1.54) is 0 Å². The maximum Gasteiger partial charge on any atom is 0.225 e. The molecule has 128 valence electrons. The molecule has 2 fully saturated rings. The highest BCUT2D eigenvalue weighted by molar-refractivity contribution is 5.79. The van der Waals surface area contributed by atoms with Crippen molar-refractivity contribution in [3.05, 3.63) is 23.9 Å². The van der Waals surface area contributed by atoms with E-state index in [-0.39, 0.29) is 18.4 Å². The molecule has 0 aromatic carbocycles. The van der Waals surface area contributed by atoms with E-state index in [1.54, 1.807) is 18.3 Å². The van der Waals surface area contributed by atoms with Crippen LogP contribution in [-0.4, -0.2) is 49.4 Å². The molecule has 24 heavy (non-hydrogen) atoms. The minimum atomic E-state index is -1.41. The van der Waals surface area contributed by atoms with Crippen LogP contribution in [0.4, 0.5) is 10.2 Å². The molecule has 2 aliphatic rings. The summed E-state index contributed by atoms with van der Waals surface area (Å²) >= 11 is 0. The molecule has 0 spiro atoms. The second-order valence-electron chi connectivity index (χ2n) is 6.40. The first-order chi connectivity index (χ1) is 11.6. The van der Waals surface area contributed by atoms with Gasteiger partial charge in [0.15, 0.2) is 0 Å². The average Bonchev–Trinajstić information content (AvgIpc) is 3.15. The van der Waals surface area contributed by atoms with Crippen LogP contribution in [0.5, 0.6) is 0 Å². The van der Waals surface area contributed by atoms with Crippen LogP contribution in [0.3, 0.4) is 0 Å². The highest BCUT2D eigenvalue weighted by Gasteiger charge is 2.36. The Balaban J connectivity index is 1.53. The van der Waals surface area contributed by atoms with Crippen LogP contribution in [0, 0.1) is 17.2 Å². The Bertz CT molecular complexity index is 632. The number of anilines is 1. The van der Waals surface area contributed by atoms with Crippen LogP contribution in [0.15, 0.2) is 18.3 Å². The molecule has 0 saturated carbocycles. The van der Waals surface area contributed by atoms with Gasteiger partial charge in [-0.2, -0.15) is 5.26 Å². The summed E-state index contributed by atoms with van der Waals surface area (Å²) in [5.74, 6) is 0.332. The zero-order valence-corrected chi connectivity index (χ0v) is 13.5. The van der Waals surface area contributed by atoms with Crippen LogP contribution < -0.4 is 10.2 Å². The third-order valence-corrected chi connectivity index (χ3v) is 4.75. The lowest BCUT2D eigenvalue weighted by Crippen LogP contribution is -2.49. The molecular formula is C17H21FN4O2. The van der Waals surface area contributed by atoms with Gasteiger partial charge in [0, 0.05) is 38.7 Å². The number of alkyl halides is 1. The fourth-order valence-corrected chi connectivity index (χ4v) is 3.16. The summed E-state index contributed by atoms with van der Waals surface area (Å²) in [6, 6.07) is 5.55. The molecule has 0 radical (unpaired) electrons. The molecule has 2 aliphatic heterocycles. The number of carbonyl (C=O) groups excluding carboxylic acids is 1. The molecule has 1 aromatic heterocycles. The van der Waals surface area contributed by atoms with E-state index in [4.69, 9.17) is 10.00 Å². The monoisotopic (exact) mass is 332 g/mol. The van der Waals surface area contributed by atoms with Crippen molar-refractivity contribution in [2.75, 3.05) is 37.7 Å². The van der Waals surface area contributed by atoms with Gasteiger partial charge in [-0.3, -0.25) is 4.79 Å². The molecule has 1 unspecified atom stereocenters. The highest BCUT2D eigenvalue weighted by atomic mass is 19.1. The molecule has 1 N–H and O–H groups in total. The molecule has 3 heterocycles.